The Bertz CT molecular complexity index is 763. The highest BCUT2D eigenvalue weighted by Gasteiger charge is 2.12. The number of rotatable bonds is 7. The molecule has 1 heterocycles. The molecule has 7 nitrogen and oxygen atoms in total. The zero-order valence-electron chi connectivity index (χ0n) is 13.8. The first-order chi connectivity index (χ1) is 11.8. The zero-order chi connectivity index (χ0) is 18.4. The van der Waals surface area contributed by atoms with Gasteiger partial charge in [0.25, 0.3) is 11.8 Å². The number of anilines is 1. The Balaban J connectivity index is 2.01. The molecule has 3 N–H and O–H groups in total. The number of nitrogens with two attached hydrogens (primary N) is 1. The number of ether oxygens (including phenoxy) is 2. The molecule has 0 spiro atoms. The summed E-state index contributed by atoms with van der Waals surface area (Å²) in [7, 11) is 0. The molecule has 0 unspecified atom stereocenters. The van der Waals surface area contributed by atoms with Crippen LogP contribution in [-0.4, -0.2) is 29.5 Å². The summed E-state index contributed by atoms with van der Waals surface area (Å²) in [6, 6.07) is 8.00. The molecule has 0 aliphatic heterocycles. The van der Waals surface area contributed by atoms with Crippen molar-refractivity contribution in [1.82, 2.24) is 4.98 Å². The number of aromatic nitrogens is 1. The van der Waals surface area contributed by atoms with E-state index in [1.54, 1.807) is 24.3 Å². The standard InChI is InChI=1S/C17H18ClN3O4/c1-10(2)25-17-14(18)7-11(8-20-17)16(23)21-12-3-5-13(6-4-12)24-9-15(19)22/h3-8,10H,9H2,1-2H3,(H2,19,22)(H,21,23). The maximum Gasteiger partial charge on any atom is 0.257 e. The van der Waals surface area contributed by atoms with E-state index in [-0.39, 0.29) is 29.5 Å². The average molecular weight is 364 g/mol. The summed E-state index contributed by atoms with van der Waals surface area (Å²) in [5.74, 6) is -0.177. The Labute approximate surface area is 150 Å². The van der Waals surface area contributed by atoms with E-state index in [1.807, 2.05) is 13.8 Å². The third-order valence-electron chi connectivity index (χ3n) is 2.91. The van der Waals surface area contributed by atoms with Gasteiger partial charge in [0.1, 0.15) is 10.8 Å². The quantitative estimate of drug-likeness (QED) is 0.787. The monoisotopic (exact) mass is 363 g/mol. The first kappa shape index (κ1) is 18.5. The van der Waals surface area contributed by atoms with E-state index in [0.29, 0.717) is 17.0 Å². The lowest BCUT2D eigenvalue weighted by atomic mass is 10.2. The number of hydrogen-bond acceptors (Lipinski definition) is 5. The van der Waals surface area contributed by atoms with Crippen molar-refractivity contribution < 1.29 is 19.1 Å². The van der Waals surface area contributed by atoms with Gasteiger partial charge >= 0.3 is 0 Å². The molecule has 132 valence electrons. The summed E-state index contributed by atoms with van der Waals surface area (Å²) >= 11 is 6.08. The van der Waals surface area contributed by atoms with Crippen LogP contribution < -0.4 is 20.5 Å². The number of carbonyl (C=O) groups is 2. The van der Waals surface area contributed by atoms with Crippen molar-refractivity contribution in [3.05, 3.63) is 47.1 Å². The highest BCUT2D eigenvalue weighted by Crippen LogP contribution is 2.24. The van der Waals surface area contributed by atoms with Gasteiger partial charge in [0.2, 0.25) is 5.88 Å². The van der Waals surface area contributed by atoms with Crippen LogP contribution >= 0.6 is 11.6 Å². The molecule has 8 heteroatoms. The van der Waals surface area contributed by atoms with E-state index >= 15 is 0 Å². The minimum atomic E-state index is -0.563. The maximum atomic E-state index is 12.3. The topological polar surface area (TPSA) is 104 Å². The van der Waals surface area contributed by atoms with Gasteiger partial charge in [0, 0.05) is 11.9 Å². The molecular weight excluding hydrogens is 346 g/mol. The lowest BCUT2D eigenvalue weighted by Gasteiger charge is -2.11. The van der Waals surface area contributed by atoms with Crippen LogP contribution in [0.5, 0.6) is 11.6 Å². The summed E-state index contributed by atoms with van der Waals surface area (Å²) in [5.41, 5.74) is 5.86. The third-order valence-corrected chi connectivity index (χ3v) is 3.18. The molecule has 1 aromatic heterocycles. The Morgan fingerprint density at radius 2 is 1.96 bits per heavy atom. The van der Waals surface area contributed by atoms with Gasteiger partial charge in [-0.15, -0.1) is 0 Å². The van der Waals surface area contributed by atoms with E-state index in [1.165, 1.54) is 12.3 Å². The van der Waals surface area contributed by atoms with Crippen LogP contribution in [0.4, 0.5) is 5.69 Å². The molecule has 0 aliphatic rings. The second-order valence-corrected chi connectivity index (χ2v) is 5.82. The minimum absolute atomic E-state index is 0.0695. The van der Waals surface area contributed by atoms with Crippen molar-refractivity contribution >= 4 is 29.1 Å². The Kier molecular flexibility index (Phi) is 6.19. The van der Waals surface area contributed by atoms with Crippen molar-refractivity contribution in [3.63, 3.8) is 0 Å². The first-order valence-electron chi connectivity index (χ1n) is 7.50. The first-order valence-corrected chi connectivity index (χ1v) is 7.87. The molecule has 1 aromatic carbocycles. The van der Waals surface area contributed by atoms with E-state index in [9.17, 15) is 9.59 Å². The van der Waals surface area contributed by atoms with Gasteiger partial charge < -0.3 is 20.5 Å². The van der Waals surface area contributed by atoms with Gasteiger partial charge in [-0.2, -0.15) is 0 Å². The molecule has 0 saturated carbocycles. The maximum absolute atomic E-state index is 12.3. The van der Waals surface area contributed by atoms with E-state index in [0.717, 1.165) is 0 Å². The van der Waals surface area contributed by atoms with E-state index in [4.69, 9.17) is 26.8 Å². The van der Waals surface area contributed by atoms with Crippen LogP contribution in [0.25, 0.3) is 0 Å². The van der Waals surface area contributed by atoms with E-state index < -0.39 is 5.91 Å². The number of nitrogens with zero attached hydrogens (tertiary/aromatic N) is 1. The largest absolute Gasteiger partial charge is 0.484 e. The lowest BCUT2D eigenvalue weighted by molar-refractivity contribution is -0.119. The van der Waals surface area contributed by atoms with Crippen LogP contribution in [0.2, 0.25) is 5.02 Å². The molecule has 2 aromatic rings. The average Bonchev–Trinajstić information content (AvgIpc) is 2.55. The summed E-state index contributed by atoms with van der Waals surface area (Å²) in [6.45, 7) is 3.51. The molecule has 0 fully saturated rings. The van der Waals surface area contributed by atoms with Crippen LogP contribution in [0, 0.1) is 0 Å². The molecule has 0 bridgehead atoms. The fourth-order valence-corrected chi connectivity index (χ4v) is 2.06. The smallest absolute Gasteiger partial charge is 0.257 e. The van der Waals surface area contributed by atoms with Crippen molar-refractivity contribution in [2.24, 2.45) is 5.73 Å². The number of benzene rings is 1. The SMILES string of the molecule is CC(C)Oc1ncc(C(=O)Nc2ccc(OCC(N)=O)cc2)cc1Cl. The minimum Gasteiger partial charge on any atom is -0.484 e. The van der Waals surface area contributed by atoms with Gasteiger partial charge in [0.05, 0.1) is 11.7 Å². The van der Waals surface area contributed by atoms with Crippen LogP contribution in [0.15, 0.2) is 36.5 Å². The second kappa shape index (κ2) is 8.34. The number of primary amides is 1. The molecular formula is C17H18ClN3O4. The molecule has 0 aliphatic carbocycles. The van der Waals surface area contributed by atoms with Gasteiger partial charge in [0.15, 0.2) is 6.61 Å². The second-order valence-electron chi connectivity index (χ2n) is 5.41. The number of carbonyl (C=O) groups excluding carboxylic acids is 2. The number of hydrogen-bond donors (Lipinski definition) is 2. The molecule has 0 atom stereocenters. The van der Waals surface area contributed by atoms with Crippen LogP contribution in [-0.2, 0) is 4.79 Å². The van der Waals surface area contributed by atoms with E-state index in [2.05, 4.69) is 10.3 Å². The fraction of sp³-hybridized carbons (Fsp3) is 0.235. The predicted molar refractivity (Wildman–Crippen MR) is 94.1 cm³/mol. The molecule has 2 amide bonds. The Hall–Kier alpha value is -2.80. The Morgan fingerprint density at radius 3 is 2.52 bits per heavy atom. The van der Waals surface area contributed by atoms with Crippen molar-refractivity contribution in [2.45, 2.75) is 20.0 Å². The van der Waals surface area contributed by atoms with Crippen molar-refractivity contribution in [2.75, 3.05) is 11.9 Å². The van der Waals surface area contributed by atoms with Gasteiger partial charge in [-0.1, -0.05) is 11.6 Å². The summed E-state index contributed by atoms with van der Waals surface area (Å²) in [4.78, 5) is 27.0. The number of amides is 2. The molecule has 25 heavy (non-hydrogen) atoms. The number of halogens is 1. The van der Waals surface area contributed by atoms with Gasteiger partial charge in [-0.3, -0.25) is 9.59 Å². The number of nitrogens with one attached hydrogen (secondary N) is 1. The highest BCUT2D eigenvalue weighted by molar-refractivity contribution is 6.32. The van der Waals surface area contributed by atoms with Crippen LogP contribution in [0.3, 0.4) is 0 Å². The predicted octanol–water partition coefficient (Wildman–Crippen LogP) is 2.64. The highest BCUT2D eigenvalue weighted by atomic mass is 35.5. The summed E-state index contributed by atoms with van der Waals surface area (Å²) in [6.07, 6.45) is 1.32. The lowest BCUT2D eigenvalue weighted by Crippen LogP contribution is -2.20. The fourth-order valence-electron chi connectivity index (χ4n) is 1.85. The summed E-state index contributed by atoms with van der Waals surface area (Å²) in [5, 5.41) is 2.97. The molecule has 2 rings (SSSR count). The number of pyridine rings is 1. The van der Waals surface area contributed by atoms with Crippen molar-refractivity contribution in [3.8, 4) is 11.6 Å². The Morgan fingerprint density at radius 1 is 1.28 bits per heavy atom. The summed E-state index contributed by atoms with van der Waals surface area (Å²) < 4.78 is 10.6. The van der Waals surface area contributed by atoms with Gasteiger partial charge in [-0.05, 0) is 44.2 Å². The molecule has 0 radical (unpaired) electrons. The molecule has 0 saturated heterocycles. The van der Waals surface area contributed by atoms with Crippen LogP contribution in [0.1, 0.15) is 24.2 Å². The van der Waals surface area contributed by atoms with Gasteiger partial charge in [-0.25, -0.2) is 4.98 Å². The zero-order valence-corrected chi connectivity index (χ0v) is 14.5. The van der Waals surface area contributed by atoms with Crippen molar-refractivity contribution in [1.29, 1.82) is 0 Å². The normalized spacial score (nSPS) is 10.4. The third kappa shape index (κ3) is 5.65.